The first-order valence-electron chi connectivity index (χ1n) is 4.64. The fourth-order valence-corrected chi connectivity index (χ4v) is 0.580. The molecule has 98 valence electrons. The van der Waals surface area contributed by atoms with Crippen LogP contribution in [0, 0.1) is 0 Å². The van der Waals surface area contributed by atoms with E-state index in [-0.39, 0.29) is 11.1 Å². The van der Waals surface area contributed by atoms with Crippen molar-refractivity contribution in [2.75, 3.05) is 13.2 Å². The highest BCUT2D eigenvalue weighted by molar-refractivity contribution is 6.29. The predicted octanol–water partition coefficient (Wildman–Crippen LogP) is 2.15. The van der Waals surface area contributed by atoms with Crippen LogP contribution in [0.25, 0.3) is 0 Å². The van der Waals surface area contributed by atoms with Crippen molar-refractivity contribution in [2.45, 2.75) is 0 Å². The van der Waals surface area contributed by atoms with Gasteiger partial charge in [0.25, 0.3) is 0 Å². The van der Waals surface area contributed by atoms with Gasteiger partial charge >= 0.3 is 11.9 Å². The first-order valence-corrected chi connectivity index (χ1v) is 4.64. The van der Waals surface area contributed by atoms with Crippen LogP contribution >= 0.6 is 0 Å². The minimum Gasteiger partial charge on any atom is -0.452 e. The molecule has 6 heteroatoms. The average Bonchev–Trinajstić information content (AvgIpc) is 2.31. The Morgan fingerprint density at radius 3 is 1.28 bits per heavy atom. The largest absolute Gasteiger partial charge is 0.452 e. The zero-order valence-electron chi connectivity index (χ0n) is 9.63. The van der Waals surface area contributed by atoms with E-state index in [0.29, 0.717) is 0 Å². The number of esters is 2. The van der Waals surface area contributed by atoms with Gasteiger partial charge in [-0.15, -0.1) is 0 Å². The number of rotatable bonds is 6. The number of carbonyl (C=O) groups is 2. The van der Waals surface area contributed by atoms with Crippen molar-refractivity contribution in [3.63, 3.8) is 0 Å². The van der Waals surface area contributed by atoms with E-state index < -0.39 is 36.8 Å². The Bertz CT molecular complexity index is 384. The van der Waals surface area contributed by atoms with Crippen molar-refractivity contribution in [3.8, 4) is 0 Å². The number of carbonyl (C=O) groups excluding carboxylic acids is 2. The lowest BCUT2D eigenvalue weighted by atomic mass is 10.3. The van der Waals surface area contributed by atoms with E-state index in [9.17, 15) is 18.4 Å². The molecule has 0 aliphatic rings. The molecular weight excluding hydrogens is 246 g/mol. The topological polar surface area (TPSA) is 52.6 Å². The van der Waals surface area contributed by atoms with Crippen molar-refractivity contribution >= 4 is 11.9 Å². The molecule has 0 aromatic heterocycles. The third-order valence-corrected chi connectivity index (χ3v) is 1.69. The molecule has 0 bridgehead atoms. The van der Waals surface area contributed by atoms with Gasteiger partial charge in [-0.1, -0.05) is 26.3 Å². The van der Waals surface area contributed by atoms with Crippen LogP contribution in [-0.2, 0) is 19.1 Å². The number of hydrogen-bond donors (Lipinski definition) is 0. The second-order valence-electron chi connectivity index (χ2n) is 3.17. The molecule has 0 spiro atoms. The summed E-state index contributed by atoms with van der Waals surface area (Å²) in [5.41, 5.74) is -0.365. The van der Waals surface area contributed by atoms with Crippen LogP contribution in [0.3, 0.4) is 0 Å². The summed E-state index contributed by atoms with van der Waals surface area (Å²) in [6, 6.07) is 0. The lowest BCUT2D eigenvalue weighted by Gasteiger charge is -2.06. The summed E-state index contributed by atoms with van der Waals surface area (Å²) >= 11 is 0. The lowest BCUT2D eigenvalue weighted by molar-refractivity contribution is -0.166. The SMILES string of the molecule is C=C(F)C(=C)COC(=O)C(=O)OCC(=C)C(=C)F. The normalized spacial score (nSPS) is 9.22. The average molecular weight is 258 g/mol. The lowest BCUT2D eigenvalue weighted by Crippen LogP contribution is -2.22. The molecule has 0 heterocycles. The van der Waals surface area contributed by atoms with E-state index >= 15 is 0 Å². The van der Waals surface area contributed by atoms with Gasteiger partial charge in [-0.05, 0) is 0 Å². The van der Waals surface area contributed by atoms with Crippen molar-refractivity contribution in [1.29, 1.82) is 0 Å². The van der Waals surface area contributed by atoms with Crippen LogP contribution in [0.2, 0.25) is 0 Å². The van der Waals surface area contributed by atoms with Crippen molar-refractivity contribution in [1.82, 2.24) is 0 Å². The number of halogens is 2. The molecule has 0 aliphatic heterocycles. The molecule has 0 radical (unpaired) electrons. The molecule has 0 unspecified atom stereocenters. The van der Waals surface area contributed by atoms with Crippen LogP contribution in [0.15, 0.2) is 49.1 Å². The summed E-state index contributed by atoms with van der Waals surface area (Å²) in [5.74, 6) is -4.43. The Hall–Kier alpha value is -2.24. The molecule has 0 rings (SSSR count). The minimum absolute atomic E-state index is 0.183. The zero-order valence-corrected chi connectivity index (χ0v) is 9.63. The number of ether oxygens (including phenoxy) is 2. The van der Waals surface area contributed by atoms with Gasteiger partial charge in [0.1, 0.15) is 24.9 Å². The summed E-state index contributed by atoms with van der Waals surface area (Å²) in [6.07, 6.45) is 0. The van der Waals surface area contributed by atoms with Crippen molar-refractivity contribution in [2.24, 2.45) is 0 Å². The van der Waals surface area contributed by atoms with E-state index in [1.54, 1.807) is 0 Å². The van der Waals surface area contributed by atoms with Gasteiger partial charge in [0.15, 0.2) is 0 Å². The minimum atomic E-state index is -1.35. The maximum atomic E-state index is 12.4. The summed E-state index contributed by atoms with van der Waals surface area (Å²) in [4.78, 5) is 22.0. The quantitative estimate of drug-likeness (QED) is 0.416. The molecule has 4 nitrogen and oxygen atoms in total. The molecular formula is C12H12F2O4. The first-order chi connectivity index (χ1) is 8.25. The third kappa shape index (κ3) is 5.74. The van der Waals surface area contributed by atoms with Gasteiger partial charge < -0.3 is 9.47 Å². The van der Waals surface area contributed by atoms with Crippen LogP contribution < -0.4 is 0 Å². The number of hydrogen-bond acceptors (Lipinski definition) is 4. The zero-order chi connectivity index (χ0) is 14.3. The van der Waals surface area contributed by atoms with Gasteiger partial charge in [0, 0.05) is 11.1 Å². The van der Waals surface area contributed by atoms with Gasteiger partial charge in [-0.2, -0.15) is 0 Å². The van der Waals surface area contributed by atoms with Gasteiger partial charge in [-0.3, -0.25) is 0 Å². The van der Waals surface area contributed by atoms with Crippen LogP contribution in [0.5, 0.6) is 0 Å². The molecule has 0 N–H and O–H groups in total. The highest BCUT2D eigenvalue weighted by atomic mass is 19.1. The Morgan fingerprint density at radius 1 is 0.778 bits per heavy atom. The highest BCUT2D eigenvalue weighted by Gasteiger charge is 2.18. The Balaban J connectivity index is 4.09. The van der Waals surface area contributed by atoms with E-state index in [2.05, 4.69) is 35.8 Å². The smallest absolute Gasteiger partial charge is 0.417 e. The monoisotopic (exact) mass is 258 g/mol. The summed E-state index contributed by atoms with van der Waals surface area (Å²) in [7, 11) is 0. The molecule has 0 atom stereocenters. The maximum absolute atomic E-state index is 12.4. The Labute approximate surface area is 103 Å². The molecule has 0 amide bonds. The highest BCUT2D eigenvalue weighted by Crippen LogP contribution is 2.08. The first kappa shape index (κ1) is 15.8. The van der Waals surface area contributed by atoms with Gasteiger partial charge in [0.05, 0.1) is 0 Å². The van der Waals surface area contributed by atoms with E-state index in [4.69, 9.17) is 0 Å². The summed E-state index contributed by atoms with van der Waals surface area (Å²) in [6.45, 7) is 11.2. The predicted molar refractivity (Wildman–Crippen MR) is 60.7 cm³/mol. The van der Waals surface area contributed by atoms with Gasteiger partial charge in [0.2, 0.25) is 0 Å². The Morgan fingerprint density at radius 2 is 1.06 bits per heavy atom. The molecule has 0 saturated heterocycles. The van der Waals surface area contributed by atoms with Crippen LogP contribution in [0.4, 0.5) is 8.78 Å². The molecule has 18 heavy (non-hydrogen) atoms. The standard InChI is InChI=1S/C12H12F2O4/c1-7(9(3)13)5-17-11(15)12(16)18-6-8(2)10(4)14/h1-6H2. The molecule has 0 aromatic carbocycles. The summed E-state index contributed by atoms with van der Waals surface area (Å²) in [5, 5.41) is 0. The van der Waals surface area contributed by atoms with E-state index in [0.717, 1.165) is 0 Å². The van der Waals surface area contributed by atoms with Gasteiger partial charge in [-0.25, -0.2) is 18.4 Å². The fraction of sp³-hybridized carbons (Fsp3) is 0.167. The Kier molecular flexibility index (Phi) is 6.27. The van der Waals surface area contributed by atoms with E-state index in [1.165, 1.54) is 0 Å². The molecule has 0 saturated carbocycles. The third-order valence-electron chi connectivity index (χ3n) is 1.69. The second-order valence-corrected chi connectivity index (χ2v) is 3.17. The van der Waals surface area contributed by atoms with E-state index in [1.807, 2.05) is 0 Å². The molecule has 0 aromatic rings. The fourth-order valence-electron chi connectivity index (χ4n) is 0.580. The maximum Gasteiger partial charge on any atom is 0.417 e. The van der Waals surface area contributed by atoms with Crippen LogP contribution in [-0.4, -0.2) is 25.2 Å². The summed E-state index contributed by atoms with van der Waals surface area (Å²) < 4.78 is 33.6. The van der Waals surface area contributed by atoms with Crippen molar-refractivity contribution < 1.29 is 27.8 Å². The second kappa shape index (κ2) is 7.16. The molecule has 0 aliphatic carbocycles. The van der Waals surface area contributed by atoms with Crippen molar-refractivity contribution in [3.05, 3.63) is 49.1 Å². The van der Waals surface area contributed by atoms with Crippen LogP contribution in [0.1, 0.15) is 0 Å². The molecule has 0 fully saturated rings.